The van der Waals surface area contributed by atoms with Crippen LogP contribution in [-0.4, -0.2) is 11.4 Å². The molecule has 0 radical (unpaired) electrons. The normalized spacial score (nSPS) is 11.6. The van der Waals surface area contributed by atoms with Gasteiger partial charge in [0.05, 0.1) is 0 Å². The van der Waals surface area contributed by atoms with E-state index in [0.29, 0.717) is 0 Å². The van der Waals surface area contributed by atoms with Gasteiger partial charge < -0.3 is 0 Å². The van der Waals surface area contributed by atoms with Crippen LogP contribution in [0, 0.1) is 0 Å². The van der Waals surface area contributed by atoms with E-state index in [1.807, 2.05) is 0 Å². The zero-order chi connectivity index (χ0) is 23.2. The first-order valence-corrected chi connectivity index (χ1v) is 13.8. The Balaban J connectivity index is 1.50. The standard InChI is InChI=1S/C32H49N/c1-2-3-4-5-6-7-8-9-10-11-12-13-14-15-16-23-28-33(29-31-24-19-17-20-25-31)30-32-26-21-18-22-27-32/h9-10,17-22,24-27H,2-8,11-16,23,28-30H2,1H3/b10-9-. The molecule has 2 rings (SSSR count). The maximum absolute atomic E-state index is 2.61. The quantitative estimate of drug-likeness (QED) is 0.144. The van der Waals surface area contributed by atoms with Gasteiger partial charge in [-0.2, -0.15) is 0 Å². The first-order valence-electron chi connectivity index (χ1n) is 13.8. The summed E-state index contributed by atoms with van der Waals surface area (Å²) in [6.45, 7) is 5.56. The zero-order valence-electron chi connectivity index (χ0n) is 21.4. The molecule has 0 aliphatic heterocycles. The SMILES string of the molecule is CCCCCCCC/C=C\CCCCCCCCN(Cc1ccccc1)Cc1ccccc1. The summed E-state index contributed by atoms with van der Waals surface area (Å²) in [6.07, 6.45) is 24.0. The van der Waals surface area contributed by atoms with Gasteiger partial charge in [0.1, 0.15) is 0 Å². The van der Waals surface area contributed by atoms with E-state index in [-0.39, 0.29) is 0 Å². The third-order valence-corrected chi connectivity index (χ3v) is 6.48. The number of rotatable bonds is 20. The number of hydrogen-bond donors (Lipinski definition) is 0. The van der Waals surface area contributed by atoms with Crippen molar-refractivity contribution in [3.63, 3.8) is 0 Å². The molecule has 1 nitrogen and oxygen atoms in total. The molecule has 2 aromatic rings. The predicted molar refractivity (Wildman–Crippen MR) is 146 cm³/mol. The maximum Gasteiger partial charge on any atom is 0.0237 e. The Morgan fingerprint density at radius 1 is 0.515 bits per heavy atom. The Bertz CT molecular complexity index is 649. The van der Waals surface area contributed by atoms with Crippen LogP contribution < -0.4 is 0 Å². The van der Waals surface area contributed by atoms with E-state index in [0.717, 1.165) is 13.1 Å². The zero-order valence-corrected chi connectivity index (χ0v) is 21.4. The Kier molecular flexibility index (Phi) is 16.3. The second kappa shape index (κ2) is 19.6. The summed E-state index contributed by atoms with van der Waals surface area (Å²) in [5.41, 5.74) is 2.83. The van der Waals surface area contributed by atoms with Crippen molar-refractivity contribution in [2.45, 2.75) is 110 Å². The Hall–Kier alpha value is -1.86. The van der Waals surface area contributed by atoms with Gasteiger partial charge in [-0.3, -0.25) is 4.90 Å². The van der Waals surface area contributed by atoms with Gasteiger partial charge in [-0.1, -0.05) is 138 Å². The Morgan fingerprint density at radius 3 is 1.42 bits per heavy atom. The highest BCUT2D eigenvalue weighted by molar-refractivity contribution is 5.17. The number of allylic oxidation sites excluding steroid dienone is 2. The lowest BCUT2D eigenvalue weighted by molar-refractivity contribution is 0.250. The summed E-state index contributed by atoms with van der Waals surface area (Å²) in [7, 11) is 0. The van der Waals surface area contributed by atoms with Crippen molar-refractivity contribution in [2.75, 3.05) is 6.54 Å². The molecule has 0 aromatic heterocycles. The molecule has 0 bridgehead atoms. The van der Waals surface area contributed by atoms with Gasteiger partial charge in [0.2, 0.25) is 0 Å². The maximum atomic E-state index is 2.61. The van der Waals surface area contributed by atoms with Gasteiger partial charge in [-0.15, -0.1) is 0 Å². The average molecular weight is 448 g/mol. The lowest BCUT2D eigenvalue weighted by Gasteiger charge is -2.22. The highest BCUT2D eigenvalue weighted by Crippen LogP contribution is 2.14. The molecule has 0 amide bonds. The van der Waals surface area contributed by atoms with E-state index >= 15 is 0 Å². The van der Waals surface area contributed by atoms with E-state index in [2.05, 4.69) is 84.6 Å². The molecule has 33 heavy (non-hydrogen) atoms. The molecule has 0 aliphatic rings. The van der Waals surface area contributed by atoms with Gasteiger partial charge in [0, 0.05) is 13.1 Å². The van der Waals surface area contributed by atoms with Crippen LogP contribution in [0.5, 0.6) is 0 Å². The van der Waals surface area contributed by atoms with Crippen molar-refractivity contribution in [1.82, 2.24) is 4.90 Å². The second-order valence-corrected chi connectivity index (χ2v) is 9.62. The molecular weight excluding hydrogens is 398 g/mol. The van der Waals surface area contributed by atoms with Crippen LogP contribution >= 0.6 is 0 Å². The molecular formula is C32H49N. The minimum absolute atomic E-state index is 1.04. The predicted octanol–water partition coefficient (Wildman–Crippen LogP) is 9.73. The molecule has 0 atom stereocenters. The van der Waals surface area contributed by atoms with E-state index in [1.165, 1.54) is 108 Å². The van der Waals surface area contributed by atoms with Gasteiger partial charge in [0.15, 0.2) is 0 Å². The number of hydrogen-bond acceptors (Lipinski definition) is 1. The number of nitrogens with zero attached hydrogens (tertiary/aromatic N) is 1. The first kappa shape index (κ1) is 27.4. The van der Waals surface area contributed by atoms with Crippen LogP contribution in [0.25, 0.3) is 0 Å². The minimum atomic E-state index is 1.04. The first-order chi connectivity index (χ1) is 16.4. The van der Waals surface area contributed by atoms with Gasteiger partial charge in [-0.25, -0.2) is 0 Å². The van der Waals surface area contributed by atoms with Crippen molar-refractivity contribution in [2.24, 2.45) is 0 Å². The van der Waals surface area contributed by atoms with Crippen LogP contribution in [0.2, 0.25) is 0 Å². The molecule has 0 unspecified atom stereocenters. The fraction of sp³-hybridized carbons (Fsp3) is 0.562. The molecule has 2 aromatic carbocycles. The van der Waals surface area contributed by atoms with E-state index in [4.69, 9.17) is 0 Å². The molecule has 0 saturated heterocycles. The molecule has 0 fully saturated rings. The minimum Gasteiger partial charge on any atom is -0.295 e. The van der Waals surface area contributed by atoms with Gasteiger partial charge >= 0.3 is 0 Å². The molecule has 0 aliphatic carbocycles. The summed E-state index contributed by atoms with van der Waals surface area (Å²) in [6, 6.07) is 21.8. The number of unbranched alkanes of at least 4 members (excludes halogenated alkanes) is 12. The molecule has 0 N–H and O–H groups in total. The number of benzene rings is 2. The fourth-order valence-corrected chi connectivity index (χ4v) is 4.48. The Morgan fingerprint density at radius 2 is 0.939 bits per heavy atom. The van der Waals surface area contributed by atoms with Crippen LogP contribution in [-0.2, 0) is 13.1 Å². The lowest BCUT2D eigenvalue weighted by Crippen LogP contribution is -2.24. The third kappa shape index (κ3) is 14.8. The smallest absolute Gasteiger partial charge is 0.0237 e. The van der Waals surface area contributed by atoms with E-state index in [9.17, 15) is 0 Å². The molecule has 0 spiro atoms. The highest BCUT2D eigenvalue weighted by Gasteiger charge is 2.07. The van der Waals surface area contributed by atoms with Crippen molar-refractivity contribution < 1.29 is 0 Å². The van der Waals surface area contributed by atoms with Gasteiger partial charge in [-0.05, 0) is 49.8 Å². The van der Waals surface area contributed by atoms with Crippen molar-refractivity contribution in [3.05, 3.63) is 83.9 Å². The average Bonchev–Trinajstić information content (AvgIpc) is 2.85. The fourth-order valence-electron chi connectivity index (χ4n) is 4.48. The molecule has 0 saturated carbocycles. The second-order valence-electron chi connectivity index (χ2n) is 9.62. The van der Waals surface area contributed by atoms with Crippen LogP contribution in [0.3, 0.4) is 0 Å². The van der Waals surface area contributed by atoms with E-state index in [1.54, 1.807) is 0 Å². The Labute approximate surface area is 205 Å². The molecule has 1 heteroatoms. The summed E-state index contributed by atoms with van der Waals surface area (Å²) in [4.78, 5) is 2.61. The van der Waals surface area contributed by atoms with Crippen LogP contribution in [0.1, 0.15) is 108 Å². The lowest BCUT2D eigenvalue weighted by atomic mass is 10.1. The summed E-state index contributed by atoms with van der Waals surface area (Å²) in [5, 5.41) is 0. The van der Waals surface area contributed by atoms with Crippen molar-refractivity contribution in [1.29, 1.82) is 0 Å². The van der Waals surface area contributed by atoms with E-state index < -0.39 is 0 Å². The summed E-state index contributed by atoms with van der Waals surface area (Å²) in [5.74, 6) is 0. The third-order valence-electron chi connectivity index (χ3n) is 6.48. The highest BCUT2D eigenvalue weighted by atomic mass is 15.1. The van der Waals surface area contributed by atoms with Crippen LogP contribution in [0.4, 0.5) is 0 Å². The summed E-state index contributed by atoms with van der Waals surface area (Å²) < 4.78 is 0. The van der Waals surface area contributed by atoms with Crippen molar-refractivity contribution in [3.8, 4) is 0 Å². The summed E-state index contributed by atoms with van der Waals surface area (Å²) >= 11 is 0. The van der Waals surface area contributed by atoms with Crippen molar-refractivity contribution >= 4 is 0 Å². The molecule has 182 valence electrons. The largest absolute Gasteiger partial charge is 0.295 e. The monoisotopic (exact) mass is 447 g/mol. The topological polar surface area (TPSA) is 3.24 Å². The van der Waals surface area contributed by atoms with Gasteiger partial charge in [0.25, 0.3) is 0 Å². The molecule has 0 heterocycles. The van der Waals surface area contributed by atoms with Crippen LogP contribution in [0.15, 0.2) is 72.8 Å².